The van der Waals surface area contributed by atoms with Gasteiger partial charge in [0.2, 0.25) is 0 Å². The first-order valence-electron chi connectivity index (χ1n) is 10.2. The minimum absolute atomic E-state index is 0.209. The Kier molecular flexibility index (Phi) is 4.82. The van der Waals surface area contributed by atoms with Crippen molar-refractivity contribution in [3.05, 3.63) is 59.5 Å². The smallest absolute Gasteiger partial charge is 0.259 e. The van der Waals surface area contributed by atoms with Crippen LogP contribution in [0.3, 0.4) is 0 Å². The Hall–Kier alpha value is -3.81. The summed E-state index contributed by atoms with van der Waals surface area (Å²) >= 11 is 0. The Labute approximate surface area is 178 Å². The highest BCUT2D eigenvalue weighted by molar-refractivity contribution is 6.07. The molecule has 0 bridgehead atoms. The predicted molar refractivity (Wildman–Crippen MR) is 112 cm³/mol. The second-order valence-electron chi connectivity index (χ2n) is 7.32. The highest BCUT2D eigenvalue weighted by Crippen LogP contribution is 2.34. The summed E-state index contributed by atoms with van der Waals surface area (Å²) in [4.78, 5) is 17.8. The molecule has 4 heterocycles. The number of carbonyl (C=O) groups is 1. The lowest BCUT2D eigenvalue weighted by molar-refractivity contribution is 0.0937. The van der Waals surface area contributed by atoms with Gasteiger partial charge in [-0.05, 0) is 49.2 Å². The maximum atomic E-state index is 13.4. The molecule has 1 aliphatic rings. The molecular formula is C23H21N3O5. The number of ether oxygens (including phenoxy) is 2. The molecule has 0 saturated carbocycles. The van der Waals surface area contributed by atoms with E-state index in [1.807, 2.05) is 25.1 Å². The third kappa shape index (κ3) is 3.50. The summed E-state index contributed by atoms with van der Waals surface area (Å²) < 4.78 is 22.1. The molecule has 1 N–H and O–H groups in total. The summed E-state index contributed by atoms with van der Waals surface area (Å²) in [6.45, 7) is 4.85. The summed E-state index contributed by atoms with van der Waals surface area (Å²) in [5.74, 6) is 1.71. The van der Waals surface area contributed by atoms with E-state index in [1.165, 1.54) is 0 Å². The number of pyridine rings is 1. The van der Waals surface area contributed by atoms with E-state index in [2.05, 4.69) is 15.5 Å². The van der Waals surface area contributed by atoms with E-state index in [4.69, 9.17) is 18.4 Å². The van der Waals surface area contributed by atoms with Gasteiger partial charge in [-0.1, -0.05) is 18.1 Å². The van der Waals surface area contributed by atoms with Crippen LogP contribution in [-0.4, -0.2) is 29.3 Å². The highest BCUT2D eigenvalue weighted by atomic mass is 16.6. The first-order chi connectivity index (χ1) is 15.1. The van der Waals surface area contributed by atoms with E-state index < -0.39 is 0 Å². The Balaban J connectivity index is 1.50. The topological polar surface area (TPSA) is 99.6 Å². The van der Waals surface area contributed by atoms with Gasteiger partial charge in [-0.15, -0.1) is 0 Å². The van der Waals surface area contributed by atoms with E-state index >= 15 is 0 Å². The van der Waals surface area contributed by atoms with Gasteiger partial charge in [-0.3, -0.25) is 4.79 Å². The van der Waals surface area contributed by atoms with Gasteiger partial charge in [0.15, 0.2) is 17.3 Å². The molecule has 4 aromatic rings. The van der Waals surface area contributed by atoms with Crippen LogP contribution in [0.2, 0.25) is 0 Å². The molecule has 0 spiro atoms. The Morgan fingerprint density at radius 2 is 2.00 bits per heavy atom. The molecule has 5 rings (SSSR count). The largest absolute Gasteiger partial charge is 0.486 e. The molecule has 0 fully saturated rings. The maximum Gasteiger partial charge on any atom is 0.259 e. The molecule has 1 amide bonds. The number of benzene rings is 1. The lowest BCUT2D eigenvalue weighted by atomic mass is 10.0. The minimum Gasteiger partial charge on any atom is -0.486 e. The van der Waals surface area contributed by atoms with E-state index in [-0.39, 0.29) is 11.9 Å². The van der Waals surface area contributed by atoms with Crippen LogP contribution in [0, 0.1) is 6.92 Å². The van der Waals surface area contributed by atoms with Crippen LogP contribution in [0.5, 0.6) is 11.5 Å². The summed E-state index contributed by atoms with van der Waals surface area (Å²) in [7, 11) is 0. The molecule has 0 saturated heterocycles. The van der Waals surface area contributed by atoms with Gasteiger partial charge >= 0.3 is 0 Å². The molecule has 8 heteroatoms. The average Bonchev–Trinajstić information content (AvgIpc) is 3.47. The maximum absolute atomic E-state index is 13.4. The van der Waals surface area contributed by atoms with E-state index in [0.29, 0.717) is 59.2 Å². The zero-order valence-electron chi connectivity index (χ0n) is 17.2. The van der Waals surface area contributed by atoms with E-state index in [1.54, 1.807) is 31.4 Å². The van der Waals surface area contributed by atoms with Gasteiger partial charge < -0.3 is 23.7 Å². The summed E-state index contributed by atoms with van der Waals surface area (Å²) in [5, 5.41) is 7.70. The highest BCUT2D eigenvalue weighted by Gasteiger charge is 2.23. The second-order valence-corrected chi connectivity index (χ2v) is 7.32. The zero-order chi connectivity index (χ0) is 21.4. The third-order valence-corrected chi connectivity index (χ3v) is 5.32. The van der Waals surface area contributed by atoms with Gasteiger partial charge in [0.25, 0.3) is 11.6 Å². The quantitative estimate of drug-likeness (QED) is 0.510. The van der Waals surface area contributed by atoms with Crippen molar-refractivity contribution in [3.63, 3.8) is 0 Å². The van der Waals surface area contributed by atoms with E-state index in [9.17, 15) is 4.79 Å². The molecule has 8 nitrogen and oxygen atoms in total. The first-order valence-corrected chi connectivity index (χ1v) is 10.2. The fraction of sp³-hybridized carbons (Fsp3) is 0.261. The standard InChI is InChI=1S/C23H21N3O5/c1-3-16(14-6-7-19-20(11-14)30-10-9-29-19)24-22(27)15-12-17(18-5-4-8-28-18)25-23-21(15)13(2)26-31-23/h4-8,11-12,16H,3,9-10H2,1-2H3,(H,24,27). The molecular weight excluding hydrogens is 398 g/mol. The van der Waals surface area contributed by atoms with Crippen molar-refractivity contribution in [2.24, 2.45) is 0 Å². The molecule has 0 aliphatic carbocycles. The Morgan fingerprint density at radius 1 is 1.16 bits per heavy atom. The summed E-state index contributed by atoms with van der Waals surface area (Å²) in [5.41, 5.74) is 2.78. The fourth-order valence-corrected chi connectivity index (χ4v) is 3.76. The fourth-order valence-electron chi connectivity index (χ4n) is 3.76. The van der Waals surface area contributed by atoms with Crippen LogP contribution >= 0.6 is 0 Å². The van der Waals surface area contributed by atoms with Gasteiger partial charge in [-0.2, -0.15) is 0 Å². The van der Waals surface area contributed by atoms with E-state index in [0.717, 1.165) is 11.3 Å². The molecule has 1 aliphatic heterocycles. The monoisotopic (exact) mass is 419 g/mol. The van der Waals surface area contributed by atoms with Crippen molar-refractivity contribution in [2.45, 2.75) is 26.3 Å². The number of amides is 1. The van der Waals surface area contributed by atoms with Crippen LogP contribution in [0.15, 0.2) is 51.6 Å². The lowest BCUT2D eigenvalue weighted by Crippen LogP contribution is -2.28. The van der Waals surface area contributed by atoms with Crippen LogP contribution < -0.4 is 14.8 Å². The minimum atomic E-state index is -0.242. The molecule has 1 aromatic carbocycles. The zero-order valence-corrected chi connectivity index (χ0v) is 17.2. The van der Waals surface area contributed by atoms with Crippen molar-refractivity contribution >= 4 is 17.0 Å². The SMILES string of the molecule is CCC(NC(=O)c1cc(-c2ccco2)nc2onc(C)c12)c1ccc2c(c1)OCCO2. The van der Waals surface area contributed by atoms with Crippen molar-refractivity contribution in [3.8, 4) is 23.0 Å². The second kappa shape index (κ2) is 7.79. The molecule has 31 heavy (non-hydrogen) atoms. The molecule has 0 radical (unpaired) electrons. The molecule has 1 unspecified atom stereocenters. The third-order valence-electron chi connectivity index (χ3n) is 5.32. The van der Waals surface area contributed by atoms with Crippen LogP contribution in [-0.2, 0) is 0 Å². The number of aryl methyl sites for hydroxylation is 1. The normalized spacial score (nSPS) is 13.9. The van der Waals surface area contributed by atoms with Gasteiger partial charge in [0.1, 0.15) is 18.9 Å². The Morgan fingerprint density at radius 3 is 2.77 bits per heavy atom. The summed E-state index contributed by atoms with van der Waals surface area (Å²) in [6.07, 6.45) is 2.26. The predicted octanol–water partition coefficient (Wildman–Crippen LogP) is 4.44. The lowest BCUT2D eigenvalue weighted by Gasteiger charge is -2.22. The Bertz CT molecular complexity index is 1250. The van der Waals surface area contributed by atoms with Crippen LogP contribution in [0.4, 0.5) is 0 Å². The number of nitrogens with zero attached hydrogens (tertiary/aromatic N) is 2. The van der Waals surface area contributed by atoms with Crippen molar-refractivity contribution in [1.82, 2.24) is 15.5 Å². The molecule has 158 valence electrons. The summed E-state index contributed by atoms with van der Waals surface area (Å²) in [6, 6.07) is 10.8. The number of hydrogen-bond donors (Lipinski definition) is 1. The number of rotatable bonds is 5. The van der Waals surface area contributed by atoms with Gasteiger partial charge in [0, 0.05) is 0 Å². The number of aromatic nitrogens is 2. The average molecular weight is 419 g/mol. The van der Waals surface area contributed by atoms with Crippen molar-refractivity contribution in [2.75, 3.05) is 13.2 Å². The number of carbonyl (C=O) groups excluding carboxylic acids is 1. The van der Waals surface area contributed by atoms with Gasteiger partial charge in [-0.25, -0.2) is 4.98 Å². The number of hydrogen-bond acceptors (Lipinski definition) is 7. The molecule has 1 atom stereocenters. The first kappa shape index (κ1) is 19.2. The van der Waals surface area contributed by atoms with Crippen LogP contribution in [0.25, 0.3) is 22.6 Å². The van der Waals surface area contributed by atoms with Crippen molar-refractivity contribution < 1.29 is 23.2 Å². The van der Waals surface area contributed by atoms with Gasteiger partial charge in [0.05, 0.1) is 28.9 Å². The van der Waals surface area contributed by atoms with Crippen molar-refractivity contribution in [1.29, 1.82) is 0 Å². The molecule has 3 aromatic heterocycles. The number of fused-ring (bicyclic) bond motifs is 2. The van der Waals surface area contributed by atoms with Crippen LogP contribution in [0.1, 0.15) is 41.0 Å². The number of furan rings is 1. The number of nitrogens with one attached hydrogen (secondary N) is 1.